The summed E-state index contributed by atoms with van der Waals surface area (Å²) in [4.78, 5) is 0. The fraction of sp³-hybridized carbons (Fsp3) is 0.400. The molecule has 2 nitrogen and oxygen atoms in total. The third kappa shape index (κ3) is 2.46. The van der Waals surface area contributed by atoms with Gasteiger partial charge in [0.25, 0.3) is 0 Å². The van der Waals surface area contributed by atoms with Gasteiger partial charge >= 0.3 is 12.4 Å². The molecule has 0 radical (unpaired) electrons. The Kier molecular flexibility index (Phi) is 3.42. The quantitative estimate of drug-likeness (QED) is 0.607. The van der Waals surface area contributed by atoms with Crippen LogP contribution in [0, 0.1) is 0 Å². The van der Waals surface area contributed by atoms with E-state index in [1.165, 1.54) is 6.92 Å². The number of benzene rings is 1. The second-order valence-corrected chi connectivity index (χ2v) is 3.63. The molecule has 8 heteroatoms. The summed E-state index contributed by atoms with van der Waals surface area (Å²) in [5.41, 5.74) is 4.87. The summed E-state index contributed by atoms with van der Waals surface area (Å²) in [7, 11) is 0. The van der Waals surface area contributed by atoms with Gasteiger partial charge < -0.3 is 11.5 Å². The summed E-state index contributed by atoms with van der Waals surface area (Å²) in [5, 5.41) is 0. The van der Waals surface area contributed by atoms with Gasteiger partial charge in [0, 0.05) is 0 Å². The van der Waals surface area contributed by atoms with Gasteiger partial charge in [-0.05, 0) is 18.1 Å². The molecule has 18 heavy (non-hydrogen) atoms. The van der Waals surface area contributed by atoms with Gasteiger partial charge in [-0.1, -0.05) is 6.92 Å². The number of nitrogens with two attached hydrogens (primary N) is 2. The normalized spacial score (nSPS) is 12.8. The molecule has 0 spiro atoms. The molecule has 0 atom stereocenters. The Morgan fingerprint density at radius 1 is 1.00 bits per heavy atom. The highest BCUT2D eigenvalue weighted by molar-refractivity contribution is 5.72. The van der Waals surface area contributed by atoms with Gasteiger partial charge in [-0.25, -0.2) is 0 Å². The van der Waals surface area contributed by atoms with Crippen molar-refractivity contribution < 1.29 is 26.3 Å². The average Bonchev–Trinajstić information content (AvgIpc) is 2.17. The lowest BCUT2D eigenvalue weighted by Crippen LogP contribution is -2.19. The highest BCUT2D eigenvalue weighted by atomic mass is 19.4. The van der Waals surface area contributed by atoms with Crippen LogP contribution in [0.2, 0.25) is 0 Å². The lowest BCUT2D eigenvalue weighted by Gasteiger charge is -2.21. The first-order valence-corrected chi connectivity index (χ1v) is 4.85. The standard InChI is InChI=1S/C10H10F6N2/c1-2-4-5(9(11,12)13)3-6(17)8(18)7(4)10(14,15)16/h3H,2,17-18H2,1H3. The predicted octanol–water partition coefficient (Wildman–Crippen LogP) is 3.45. The molecule has 0 amide bonds. The van der Waals surface area contributed by atoms with E-state index in [2.05, 4.69) is 0 Å². The Bertz CT molecular complexity index is 461. The van der Waals surface area contributed by atoms with Crippen LogP contribution in [0.4, 0.5) is 37.7 Å². The molecule has 0 aliphatic carbocycles. The van der Waals surface area contributed by atoms with E-state index in [9.17, 15) is 26.3 Å². The average molecular weight is 272 g/mol. The molecule has 102 valence electrons. The monoisotopic (exact) mass is 272 g/mol. The third-order valence-electron chi connectivity index (χ3n) is 2.45. The maximum atomic E-state index is 12.7. The van der Waals surface area contributed by atoms with Gasteiger partial charge in [-0.15, -0.1) is 0 Å². The lowest BCUT2D eigenvalue weighted by atomic mass is 9.95. The van der Waals surface area contributed by atoms with Crippen LogP contribution in [0.15, 0.2) is 6.07 Å². The molecule has 0 aliphatic heterocycles. The number of hydrogen-bond acceptors (Lipinski definition) is 2. The van der Waals surface area contributed by atoms with Crippen LogP contribution >= 0.6 is 0 Å². The van der Waals surface area contributed by atoms with Crippen LogP contribution in [0.25, 0.3) is 0 Å². The van der Waals surface area contributed by atoms with Crippen molar-refractivity contribution in [1.82, 2.24) is 0 Å². The summed E-state index contributed by atoms with van der Waals surface area (Å²) in [5.74, 6) is 0. The fourth-order valence-corrected chi connectivity index (χ4v) is 1.71. The van der Waals surface area contributed by atoms with Gasteiger partial charge in [-0.2, -0.15) is 26.3 Å². The molecule has 1 rings (SSSR count). The molecular formula is C10H10F6N2. The van der Waals surface area contributed by atoms with Crippen molar-refractivity contribution in [3.63, 3.8) is 0 Å². The summed E-state index contributed by atoms with van der Waals surface area (Å²) in [6.07, 6.45) is -10.3. The van der Waals surface area contributed by atoms with Crippen LogP contribution < -0.4 is 11.5 Å². The maximum absolute atomic E-state index is 12.7. The Balaban J connectivity index is 3.74. The summed E-state index contributed by atoms with van der Waals surface area (Å²) in [6, 6.07) is 0.434. The molecule has 0 bridgehead atoms. The summed E-state index contributed by atoms with van der Waals surface area (Å²) >= 11 is 0. The zero-order valence-corrected chi connectivity index (χ0v) is 9.21. The van der Waals surface area contributed by atoms with Crippen molar-refractivity contribution in [3.8, 4) is 0 Å². The van der Waals surface area contributed by atoms with E-state index < -0.39 is 46.8 Å². The second-order valence-electron chi connectivity index (χ2n) is 3.63. The van der Waals surface area contributed by atoms with Crippen LogP contribution in [0.5, 0.6) is 0 Å². The zero-order chi connectivity index (χ0) is 14.3. The van der Waals surface area contributed by atoms with E-state index in [4.69, 9.17) is 11.5 Å². The minimum atomic E-state index is -4.98. The third-order valence-corrected chi connectivity index (χ3v) is 2.45. The van der Waals surface area contributed by atoms with Gasteiger partial charge in [0.2, 0.25) is 0 Å². The van der Waals surface area contributed by atoms with Gasteiger partial charge in [0.1, 0.15) is 0 Å². The molecule has 0 heterocycles. The van der Waals surface area contributed by atoms with E-state index in [-0.39, 0.29) is 0 Å². The SMILES string of the molecule is CCc1c(C(F)(F)F)cc(N)c(N)c1C(F)(F)F. The Morgan fingerprint density at radius 3 is 1.83 bits per heavy atom. The van der Waals surface area contributed by atoms with Crippen molar-refractivity contribution in [1.29, 1.82) is 0 Å². The van der Waals surface area contributed by atoms with Crippen molar-refractivity contribution in [3.05, 3.63) is 22.8 Å². The van der Waals surface area contributed by atoms with E-state index in [1.54, 1.807) is 0 Å². The molecule has 0 aliphatic rings. The molecular weight excluding hydrogens is 262 g/mol. The summed E-state index contributed by atoms with van der Waals surface area (Å²) in [6.45, 7) is 1.19. The molecule has 0 saturated carbocycles. The van der Waals surface area contributed by atoms with E-state index >= 15 is 0 Å². The van der Waals surface area contributed by atoms with Crippen molar-refractivity contribution in [2.24, 2.45) is 0 Å². The minimum Gasteiger partial charge on any atom is -0.397 e. The number of hydrogen-bond donors (Lipinski definition) is 2. The molecule has 0 unspecified atom stereocenters. The van der Waals surface area contributed by atoms with Crippen LogP contribution in [-0.2, 0) is 18.8 Å². The first kappa shape index (κ1) is 14.5. The van der Waals surface area contributed by atoms with Crippen LogP contribution in [-0.4, -0.2) is 0 Å². The van der Waals surface area contributed by atoms with Crippen molar-refractivity contribution in [2.45, 2.75) is 25.7 Å². The van der Waals surface area contributed by atoms with Gasteiger partial charge in [-0.3, -0.25) is 0 Å². The molecule has 4 N–H and O–H groups in total. The number of rotatable bonds is 1. The van der Waals surface area contributed by atoms with Gasteiger partial charge in [0.05, 0.1) is 22.5 Å². The largest absolute Gasteiger partial charge is 0.418 e. The molecule has 0 fully saturated rings. The molecule has 0 saturated heterocycles. The highest BCUT2D eigenvalue weighted by Gasteiger charge is 2.42. The van der Waals surface area contributed by atoms with Crippen LogP contribution in [0.3, 0.4) is 0 Å². The van der Waals surface area contributed by atoms with E-state index in [0.717, 1.165) is 0 Å². The van der Waals surface area contributed by atoms with Crippen LogP contribution in [0.1, 0.15) is 23.6 Å². The van der Waals surface area contributed by atoms with Gasteiger partial charge in [0.15, 0.2) is 0 Å². The van der Waals surface area contributed by atoms with Crippen molar-refractivity contribution >= 4 is 11.4 Å². The number of nitrogen functional groups attached to an aromatic ring is 2. The minimum absolute atomic E-state index is 0.434. The van der Waals surface area contributed by atoms with Crippen molar-refractivity contribution in [2.75, 3.05) is 11.5 Å². The first-order chi connectivity index (χ1) is 8.00. The predicted molar refractivity (Wildman–Crippen MR) is 54.6 cm³/mol. The number of halogens is 6. The Hall–Kier alpha value is -1.60. The topological polar surface area (TPSA) is 52.0 Å². The van der Waals surface area contributed by atoms with E-state index in [1.807, 2.05) is 0 Å². The number of anilines is 2. The van der Waals surface area contributed by atoms with E-state index in [0.29, 0.717) is 6.07 Å². The fourth-order valence-electron chi connectivity index (χ4n) is 1.71. The molecule has 1 aromatic rings. The number of alkyl halides is 6. The zero-order valence-electron chi connectivity index (χ0n) is 9.21. The Morgan fingerprint density at radius 2 is 1.50 bits per heavy atom. The smallest absolute Gasteiger partial charge is 0.397 e. The lowest BCUT2D eigenvalue weighted by molar-refractivity contribution is -0.143. The maximum Gasteiger partial charge on any atom is 0.418 e. The summed E-state index contributed by atoms with van der Waals surface area (Å²) < 4.78 is 76.2. The molecule has 0 aromatic heterocycles. The Labute approximate surface area is 98.6 Å². The second kappa shape index (κ2) is 4.25. The first-order valence-electron chi connectivity index (χ1n) is 4.85. The molecule has 1 aromatic carbocycles. The highest BCUT2D eigenvalue weighted by Crippen LogP contribution is 2.44.